The fraction of sp³-hybridized carbons (Fsp3) is 0.500. The van der Waals surface area contributed by atoms with Crippen molar-refractivity contribution in [3.63, 3.8) is 0 Å². The Morgan fingerprint density at radius 3 is 2.41 bits per heavy atom. The van der Waals surface area contributed by atoms with Crippen LogP contribution >= 0.6 is 0 Å². The lowest BCUT2D eigenvalue weighted by Crippen LogP contribution is -2.29. The van der Waals surface area contributed by atoms with E-state index in [4.69, 9.17) is 9.47 Å². The molecule has 0 spiro atoms. The maximum atomic E-state index is 12.1. The third-order valence-corrected chi connectivity index (χ3v) is 4.41. The topological polar surface area (TPSA) is 93.7 Å². The van der Waals surface area contributed by atoms with Gasteiger partial charge in [-0.2, -0.15) is 0 Å². The molecule has 0 saturated heterocycles. The molecule has 8 heteroatoms. The smallest absolute Gasteiger partial charge is 0.251 e. The van der Waals surface area contributed by atoms with Crippen LogP contribution in [0, 0.1) is 6.92 Å². The minimum atomic E-state index is -3.67. The minimum Gasteiger partial charge on any atom is -0.383 e. The highest BCUT2D eigenvalue weighted by molar-refractivity contribution is 7.89. The van der Waals surface area contributed by atoms with E-state index in [0.717, 1.165) is 0 Å². The zero-order valence-corrected chi connectivity index (χ0v) is 13.8. The third-order valence-electron chi connectivity index (χ3n) is 2.95. The molecule has 1 aromatic rings. The van der Waals surface area contributed by atoms with Gasteiger partial charge in [0.15, 0.2) is 0 Å². The molecule has 0 aliphatic carbocycles. The Labute approximate surface area is 131 Å². The summed E-state index contributed by atoms with van der Waals surface area (Å²) in [5, 5.41) is 2.67. The molecule has 0 atom stereocenters. The molecule has 1 amide bonds. The van der Waals surface area contributed by atoms with Gasteiger partial charge in [-0.15, -0.1) is 0 Å². The number of amides is 1. The molecule has 0 unspecified atom stereocenters. The zero-order chi connectivity index (χ0) is 16.6. The number of rotatable bonds is 9. The van der Waals surface area contributed by atoms with Crippen LogP contribution in [-0.2, 0) is 19.5 Å². The molecule has 0 aromatic heterocycles. The lowest BCUT2D eigenvalue weighted by Gasteiger charge is -2.11. The maximum absolute atomic E-state index is 12.1. The van der Waals surface area contributed by atoms with Gasteiger partial charge in [0, 0.05) is 32.9 Å². The third kappa shape index (κ3) is 5.38. The number of benzene rings is 1. The van der Waals surface area contributed by atoms with E-state index >= 15 is 0 Å². The Morgan fingerprint density at radius 2 is 1.77 bits per heavy atom. The van der Waals surface area contributed by atoms with E-state index < -0.39 is 10.0 Å². The fourth-order valence-electron chi connectivity index (χ4n) is 1.74. The molecule has 0 aliphatic heterocycles. The maximum Gasteiger partial charge on any atom is 0.251 e. The Bertz CT molecular complexity index is 601. The van der Waals surface area contributed by atoms with Crippen LogP contribution in [0.2, 0.25) is 0 Å². The number of carbonyl (C=O) groups excluding carboxylic acids is 1. The number of sulfonamides is 1. The SMILES string of the molecule is COCCNC(=O)c1cc(S(=O)(=O)NCCOC)ccc1C. The van der Waals surface area contributed by atoms with Gasteiger partial charge in [-0.3, -0.25) is 4.79 Å². The number of hydrogen-bond acceptors (Lipinski definition) is 5. The van der Waals surface area contributed by atoms with Gasteiger partial charge in [-0.05, 0) is 24.6 Å². The Hall–Kier alpha value is -1.48. The van der Waals surface area contributed by atoms with Crippen LogP contribution in [0.25, 0.3) is 0 Å². The number of methoxy groups -OCH3 is 2. The average Bonchev–Trinajstić information content (AvgIpc) is 2.47. The molecule has 0 saturated carbocycles. The Kier molecular flexibility index (Phi) is 7.46. The Morgan fingerprint density at radius 1 is 1.14 bits per heavy atom. The minimum absolute atomic E-state index is 0.0473. The molecule has 0 bridgehead atoms. The summed E-state index contributed by atoms with van der Waals surface area (Å²) < 4.78 is 36.3. The molecule has 2 N–H and O–H groups in total. The van der Waals surface area contributed by atoms with Crippen molar-refractivity contribution in [2.24, 2.45) is 0 Å². The molecule has 0 aliphatic rings. The van der Waals surface area contributed by atoms with Crippen LogP contribution in [0.4, 0.5) is 0 Å². The van der Waals surface area contributed by atoms with Gasteiger partial charge < -0.3 is 14.8 Å². The van der Waals surface area contributed by atoms with Crippen molar-refractivity contribution in [2.75, 3.05) is 40.5 Å². The highest BCUT2D eigenvalue weighted by Gasteiger charge is 2.17. The number of hydrogen-bond donors (Lipinski definition) is 2. The van der Waals surface area contributed by atoms with E-state index in [1.54, 1.807) is 13.0 Å². The van der Waals surface area contributed by atoms with Gasteiger partial charge >= 0.3 is 0 Å². The highest BCUT2D eigenvalue weighted by Crippen LogP contribution is 2.15. The summed E-state index contributed by atoms with van der Waals surface area (Å²) in [7, 11) is -0.638. The summed E-state index contributed by atoms with van der Waals surface area (Å²) in [5.74, 6) is -0.330. The van der Waals surface area contributed by atoms with Gasteiger partial charge in [0.05, 0.1) is 18.1 Å². The second-order valence-electron chi connectivity index (χ2n) is 4.62. The van der Waals surface area contributed by atoms with Crippen LogP contribution in [0.15, 0.2) is 23.1 Å². The van der Waals surface area contributed by atoms with Gasteiger partial charge in [-0.25, -0.2) is 13.1 Å². The monoisotopic (exact) mass is 330 g/mol. The molecule has 0 heterocycles. The first kappa shape index (κ1) is 18.6. The van der Waals surface area contributed by atoms with E-state index in [1.807, 2.05) is 0 Å². The van der Waals surface area contributed by atoms with Crippen LogP contribution in [-0.4, -0.2) is 54.8 Å². The van der Waals surface area contributed by atoms with Crippen LogP contribution in [0.1, 0.15) is 15.9 Å². The van der Waals surface area contributed by atoms with Gasteiger partial charge in [-0.1, -0.05) is 6.07 Å². The van der Waals surface area contributed by atoms with Crippen LogP contribution in [0.5, 0.6) is 0 Å². The second-order valence-corrected chi connectivity index (χ2v) is 6.38. The lowest BCUT2D eigenvalue weighted by molar-refractivity contribution is 0.0936. The lowest BCUT2D eigenvalue weighted by atomic mass is 10.1. The van der Waals surface area contributed by atoms with Gasteiger partial charge in [0.1, 0.15) is 0 Å². The van der Waals surface area contributed by atoms with E-state index in [0.29, 0.717) is 24.3 Å². The molecule has 1 aromatic carbocycles. The number of aryl methyl sites for hydroxylation is 1. The summed E-state index contributed by atoms with van der Waals surface area (Å²) in [6, 6.07) is 4.44. The highest BCUT2D eigenvalue weighted by atomic mass is 32.2. The first-order chi connectivity index (χ1) is 10.4. The van der Waals surface area contributed by atoms with Crippen molar-refractivity contribution >= 4 is 15.9 Å². The van der Waals surface area contributed by atoms with E-state index in [9.17, 15) is 13.2 Å². The Balaban J connectivity index is 2.91. The molecule has 22 heavy (non-hydrogen) atoms. The van der Waals surface area contributed by atoms with Gasteiger partial charge in [0.2, 0.25) is 10.0 Å². The number of carbonyl (C=O) groups is 1. The van der Waals surface area contributed by atoms with Crippen molar-refractivity contribution < 1.29 is 22.7 Å². The first-order valence-corrected chi connectivity index (χ1v) is 8.27. The predicted octanol–water partition coefficient (Wildman–Crippen LogP) is 0.296. The molecular formula is C14H22N2O5S. The number of ether oxygens (including phenoxy) is 2. The largest absolute Gasteiger partial charge is 0.383 e. The summed E-state index contributed by atoms with van der Waals surface area (Å²) in [6.07, 6.45) is 0. The predicted molar refractivity (Wildman–Crippen MR) is 82.5 cm³/mol. The molecule has 124 valence electrons. The summed E-state index contributed by atoms with van der Waals surface area (Å²) in [6.45, 7) is 2.94. The number of nitrogens with one attached hydrogen (secondary N) is 2. The fourth-order valence-corrected chi connectivity index (χ4v) is 2.78. The molecule has 0 radical (unpaired) electrons. The molecular weight excluding hydrogens is 308 g/mol. The normalized spacial score (nSPS) is 11.4. The summed E-state index contributed by atoms with van der Waals surface area (Å²) in [4.78, 5) is 12.1. The van der Waals surface area contributed by atoms with E-state index in [2.05, 4.69) is 10.0 Å². The van der Waals surface area contributed by atoms with Crippen LogP contribution < -0.4 is 10.0 Å². The molecule has 7 nitrogen and oxygen atoms in total. The molecule has 1 rings (SSSR count). The first-order valence-electron chi connectivity index (χ1n) is 6.78. The van der Waals surface area contributed by atoms with Crippen LogP contribution in [0.3, 0.4) is 0 Å². The van der Waals surface area contributed by atoms with Gasteiger partial charge in [0.25, 0.3) is 5.91 Å². The van der Waals surface area contributed by atoms with E-state index in [1.165, 1.54) is 26.4 Å². The second kappa shape index (κ2) is 8.84. The van der Waals surface area contributed by atoms with Crippen molar-refractivity contribution in [3.8, 4) is 0 Å². The zero-order valence-electron chi connectivity index (χ0n) is 13.0. The van der Waals surface area contributed by atoms with E-state index in [-0.39, 0.29) is 24.0 Å². The molecule has 0 fully saturated rings. The quantitative estimate of drug-likeness (QED) is 0.635. The van der Waals surface area contributed by atoms with Crippen molar-refractivity contribution in [1.82, 2.24) is 10.0 Å². The van der Waals surface area contributed by atoms with Crippen molar-refractivity contribution in [1.29, 1.82) is 0 Å². The summed E-state index contributed by atoms with van der Waals surface area (Å²) >= 11 is 0. The average molecular weight is 330 g/mol. The van der Waals surface area contributed by atoms with Crippen molar-refractivity contribution in [3.05, 3.63) is 29.3 Å². The standard InChI is InChI=1S/C14H22N2O5S/c1-11-4-5-12(22(18,19)16-7-9-21-3)10-13(11)14(17)15-6-8-20-2/h4-5,10,16H,6-9H2,1-3H3,(H,15,17). The summed E-state index contributed by atoms with van der Waals surface area (Å²) in [5.41, 5.74) is 1.02. The van der Waals surface area contributed by atoms with Crippen molar-refractivity contribution in [2.45, 2.75) is 11.8 Å².